The lowest BCUT2D eigenvalue weighted by Crippen LogP contribution is -2.43. The van der Waals surface area contributed by atoms with Crippen LogP contribution in [0.5, 0.6) is 0 Å². The second kappa shape index (κ2) is 5.67. The highest BCUT2D eigenvalue weighted by Crippen LogP contribution is 2.34. The number of halogens is 1. The summed E-state index contributed by atoms with van der Waals surface area (Å²) >= 11 is 3.27. The Morgan fingerprint density at radius 2 is 2.20 bits per heavy atom. The fourth-order valence-electron chi connectivity index (χ4n) is 2.58. The van der Waals surface area contributed by atoms with E-state index in [-0.39, 0.29) is 5.41 Å². The number of rotatable bonds is 4. The van der Waals surface area contributed by atoms with Gasteiger partial charge in [-0.15, -0.1) is 0 Å². The van der Waals surface area contributed by atoms with Gasteiger partial charge in [0, 0.05) is 7.11 Å². The number of hydrogen-bond donors (Lipinski definition) is 1. The van der Waals surface area contributed by atoms with Crippen LogP contribution in [-0.2, 0) is 10.2 Å². The summed E-state index contributed by atoms with van der Waals surface area (Å²) in [6.45, 7) is 2.43. The van der Waals surface area contributed by atoms with Gasteiger partial charge in [0.1, 0.15) is 0 Å². The van der Waals surface area contributed by atoms with Crippen LogP contribution in [0.15, 0.2) is 25.7 Å². The predicted octanol–water partition coefficient (Wildman–Crippen LogP) is 2.36. The summed E-state index contributed by atoms with van der Waals surface area (Å²) in [7, 11) is 1.70. The van der Waals surface area contributed by atoms with Crippen molar-refractivity contribution in [3.8, 4) is 11.6 Å². The van der Waals surface area contributed by atoms with Crippen LogP contribution in [0.4, 0.5) is 0 Å². The molecule has 0 saturated carbocycles. The molecule has 2 aromatic rings. The van der Waals surface area contributed by atoms with Crippen molar-refractivity contribution in [1.82, 2.24) is 15.5 Å². The smallest absolute Gasteiger partial charge is 0.238 e. The molecule has 0 amide bonds. The summed E-state index contributed by atoms with van der Waals surface area (Å²) < 4.78 is 16.9. The first-order valence-corrected chi connectivity index (χ1v) is 7.32. The minimum absolute atomic E-state index is 0.199. The Labute approximate surface area is 125 Å². The SMILES string of the molecule is COCC1(c2nc(-c3ccc(Br)o3)no2)CCNCC1. The van der Waals surface area contributed by atoms with Gasteiger partial charge in [0.2, 0.25) is 11.7 Å². The topological polar surface area (TPSA) is 73.3 Å². The lowest BCUT2D eigenvalue weighted by molar-refractivity contribution is 0.0850. The van der Waals surface area contributed by atoms with Gasteiger partial charge in [-0.2, -0.15) is 4.98 Å². The molecule has 6 nitrogen and oxygen atoms in total. The van der Waals surface area contributed by atoms with Crippen LogP contribution in [0.25, 0.3) is 11.6 Å². The maximum absolute atomic E-state index is 5.48. The molecule has 0 bridgehead atoms. The Bertz CT molecular complexity index is 569. The fraction of sp³-hybridized carbons (Fsp3) is 0.538. The van der Waals surface area contributed by atoms with Crippen LogP contribution < -0.4 is 5.32 Å². The van der Waals surface area contributed by atoms with Gasteiger partial charge >= 0.3 is 0 Å². The van der Waals surface area contributed by atoms with E-state index in [4.69, 9.17) is 13.7 Å². The Balaban J connectivity index is 1.90. The zero-order chi connectivity index (χ0) is 14.0. The largest absolute Gasteiger partial charge is 0.446 e. The molecule has 0 spiro atoms. The Hall–Kier alpha value is -1.18. The van der Waals surface area contributed by atoms with E-state index < -0.39 is 0 Å². The summed E-state index contributed by atoms with van der Waals surface area (Å²) in [6, 6.07) is 3.62. The van der Waals surface area contributed by atoms with Gasteiger partial charge in [-0.25, -0.2) is 0 Å². The van der Waals surface area contributed by atoms with Gasteiger partial charge in [-0.05, 0) is 54.0 Å². The lowest BCUT2D eigenvalue weighted by atomic mass is 9.79. The van der Waals surface area contributed by atoms with E-state index in [1.54, 1.807) is 13.2 Å². The van der Waals surface area contributed by atoms with E-state index in [2.05, 4.69) is 31.4 Å². The average molecular weight is 342 g/mol. The number of piperidine rings is 1. The van der Waals surface area contributed by atoms with Crippen LogP contribution in [0.2, 0.25) is 0 Å². The highest BCUT2D eigenvalue weighted by atomic mass is 79.9. The molecule has 0 radical (unpaired) electrons. The molecule has 7 heteroatoms. The summed E-state index contributed by atoms with van der Waals surface area (Å²) in [6.07, 6.45) is 1.84. The number of aromatic nitrogens is 2. The third kappa shape index (κ3) is 2.53. The van der Waals surface area contributed by atoms with E-state index in [0.717, 1.165) is 25.9 Å². The molecule has 1 N–H and O–H groups in total. The third-order valence-corrected chi connectivity index (χ3v) is 4.08. The normalized spacial score (nSPS) is 18.3. The van der Waals surface area contributed by atoms with E-state index in [1.807, 2.05) is 6.07 Å². The summed E-state index contributed by atoms with van der Waals surface area (Å²) in [5, 5.41) is 7.36. The van der Waals surface area contributed by atoms with E-state index in [1.165, 1.54) is 0 Å². The van der Waals surface area contributed by atoms with E-state index in [9.17, 15) is 0 Å². The predicted molar refractivity (Wildman–Crippen MR) is 75.4 cm³/mol. The van der Waals surface area contributed by atoms with Gasteiger partial charge in [0.15, 0.2) is 10.4 Å². The van der Waals surface area contributed by atoms with Crippen molar-refractivity contribution in [2.45, 2.75) is 18.3 Å². The second-order valence-corrected chi connectivity index (χ2v) is 5.77. The highest BCUT2D eigenvalue weighted by Gasteiger charge is 2.39. The number of methoxy groups -OCH3 is 1. The van der Waals surface area contributed by atoms with Crippen molar-refractivity contribution in [2.24, 2.45) is 0 Å². The van der Waals surface area contributed by atoms with Gasteiger partial charge in [0.05, 0.1) is 12.0 Å². The molecule has 20 heavy (non-hydrogen) atoms. The molecule has 0 aromatic carbocycles. The quantitative estimate of drug-likeness (QED) is 0.920. The van der Waals surface area contributed by atoms with Crippen LogP contribution in [-0.4, -0.2) is 36.9 Å². The first kappa shape index (κ1) is 13.8. The molecule has 0 atom stereocenters. The van der Waals surface area contributed by atoms with Crippen LogP contribution in [0.3, 0.4) is 0 Å². The number of furan rings is 1. The zero-order valence-electron chi connectivity index (χ0n) is 11.2. The van der Waals surface area contributed by atoms with Gasteiger partial charge < -0.3 is 19.0 Å². The Morgan fingerprint density at radius 3 is 2.85 bits per heavy atom. The molecular formula is C13H16BrN3O3. The molecule has 3 heterocycles. The number of hydrogen-bond acceptors (Lipinski definition) is 6. The first-order valence-electron chi connectivity index (χ1n) is 6.53. The minimum atomic E-state index is -0.199. The zero-order valence-corrected chi connectivity index (χ0v) is 12.8. The van der Waals surface area contributed by atoms with Crippen LogP contribution in [0, 0.1) is 0 Å². The molecule has 1 aliphatic heterocycles. The van der Waals surface area contributed by atoms with Gasteiger partial charge in [-0.3, -0.25) is 0 Å². The Kier molecular flexibility index (Phi) is 3.91. The van der Waals surface area contributed by atoms with Crippen molar-refractivity contribution in [2.75, 3.05) is 26.8 Å². The molecule has 3 rings (SSSR count). The summed E-state index contributed by atoms with van der Waals surface area (Å²) in [5.74, 6) is 1.69. The summed E-state index contributed by atoms with van der Waals surface area (Å²) in [5.41, 5.74) is -0.199. The van der Waals surface area contributed by atoms with Gasteiger partial charge in [-0.1, -0.05) is 5.16 Å². The average Bonchev–Trinajstić information content (AvgIpc) is 3.09. The fourth-order valence-corrected chi connectivity index (χ4v) is 2.88. The lowest BCUT2D eigenvalue weighted by Gasteiger charge is -2.33. The van der Waals surface area contributed by atoms with E-state index in [0.29, 0.717) is 28.8 Å². The molecule has 0 aliphatic carbocycles. The number of nitrogens with zero attached hydrogens (tertiary/aromatic N) is 2. The van der Waals surface area contributed by atoms with Crippen molar-refractivity contribution in [3.05, 3.63) is 22.7 Å². The maximum Gasteiger partial charge on any atom is 0.238 e. The second-order valence-electron chi connectivity index (χ2n) is 4.99. The number of nitrogens with one attached hydrogen (secondary N) is 1. The molecule has 108 valence electrons. The summed E-state index contributed by atoms with van der Waals surface area (Å²) in [4.78, 5) is 4.51. The molecule has 0 unspecified atom stereocenters. The van der Waals surface area contributed by atoms with Crippen molar-refractivity contribution < 1.29 is 13.7 Å². The molecule has 1 fully saturated rings. The number of ether oxygens (including phenoxy) is 1. The minimum Gasteiger partial charge on any atom is -0.446 e. The highest BCUT2D eigenvalue weighted by molar-refractivity contribution is 9.10. The van der Waals surface area contributed by atoms with Crippen LogP contribution in [0.1, 0.15) is 18.7 Å². The first-order chi connectivity index (χ1) is 9.73. The van der Waals surface area contributed by atoms with Crippen molar-refractivity contribution in [3.63, 3.8) is 0 Å². The third-order valence-electron chi connectivity index (χ3n) is 3.65. The van der Waals surface area contributed by atoms with Gasteiger partial charge in [0.25, 0.3) is 0 Å². The maximum atomic E-state index is 5.48. The standard InChI is InChI=1S/C13H16BrN3O3/c1-18-8-13(4-6-15-7-5-13)12-16-11(17-20-12)9-2-3-10(14)19-9/h2-3,15H,4-8H2,1H3. The van der Waals surface area contributed by atoms with Crippen molar-refractivity contribution >= 4 is 15.9 Å². The van der Waals surface area contributed by atoms with E-state index >= 15 is 0 Å². The molecule has 1 saturated heterocycles. The monoisotopic (exact) mass is 341 g/mol. The van der Waals surface area contributed by atoms with Crippen molar-refractivity contribution in [1.29, 1.82) is 0 Å². The van der Waals surface area contributed by atoms with Crippen LogP contribution >= 0.6 is 15.9 Å². The molecular weight excluding hydrogens is 326 g/mol. The molecule has 1 aliphatic rings. The Morgan fingerprint density at radius 1 is 1.40 bits per heavy atom. The molecule has 2 aromatic heterocycles.